The standard InChI is InChI=1S/C19H17N5O2/c25-18(12-24-13-21-16-6-2-1-5-15(16)19(24)26)20-9-8-14-11-23-10-4-3-7-17(23)22-14/h1-7,10-11,13H,8-9,12H2,(H,20,25). The highest BCUT2D eigenvalue weighted by molar-refractivity contribution is 5.78. The third-order valence-corrected chi connectivity index (χ3v) is 4.16. The molecular weight excluding hydrogens is 330 g/mol. The van der Waals surface area contributed by atoms with Gasteiger partial charge in [-0.15, -0.1) is 0 Å². The van der Waals surface area contributed by atoms with E-state index < -0.39 is 0 Å². The van der Waals surface area contributed by atoms with E-state index in [1.54, 1.807) is 18.2 Å². The molecule has 26 heavy (non-hydrogen) atoms. The number of aromatic nitrogens is 4. The maximum absolute atomic E-state index is 12.4. The molecule has 1 N–H and O–H groups in total. The summed E-state index contributed by atoms with van der Waals surface area (Å²) in [7, 11) is 0. The highest BCUT2D eigenvalue weighted by atomic mass is 16.2. The predicted molar refractivity (Wildman–Crippen MR) is 97.9 cm³/mol. The summed E-state index contributed by atoms with van der Waals surface area (Å²) in [5.41, 5.74) is 2.19. The molecule has 0 spiro atoms. The van der Waals surface area contributed by atoms with Crippen molar-refractivity contribution in [1.29, 1.82) is 0 Å². The minimum absolute atomic E-state index is 0.0537. The van der Waals surface area contributed by atoms with Crippen molar-refractivity contribution in [3.8, 4) is 0 Å². The molecule has 3 heterocycles. The molecule has 4 rings (SSSR count). The molecule has 7 nitrogen and oxygen atoms in total. The molecule has 0 saturated carbocycles. The quantitative estimate of drug-likeness (QED) is 0.592. The fourth-order valence-corrected chi connectivity index (χ4v) is 2.87. The van der Waals surface area contributed by atoms with Crippen LogP contribution in [0.1, 0.15) is 5.69 Å². The van der Waals surface area contributed by atoms with Gasteiger partial charge in [-0.2, -0.15) is 0 Å². The number of benzene rings is 1. The summed E-state index contributed by atoms with van der Waals surface area (Å²) < 4.78 is 3.26. The second kappa shape index (κ2) is 6.79. The summed E-state index contributed by atoms with van der Waals surface area (Å²) in [6.45, 7) is 0.403. The maximum Gasteiger partial charge on any atom is 0.261 e. The number of rotatable bonds is 5. The van der Waals surface area contributed by atoms with Crippen LogP contribution >= 0.6 is 0 Å². The zero-order valence-corrected chi connectivity index (χ0v) is 14.0. The lowest BCUT2D eigenvalue weighted by atomic mass is 10.2. The summed E-state index contributed by atoms with van der Waals surface area (Å²) in [5, 5.41) is 3.33. The number of nitrogens with one attached hydrogen (secondary N) is 1. The molecule has 130 valence electrons. The Kier molecular flexibility index (Phi) is 4.18. The second-order valence-corrected chi connectivity index (χ2v) is 5.99. The van der Waals surface area contributed by atoms with Crippen LogP contribution in [0.15, 0.2) is 66.0 Å². The van der Waals surface area contributed by atoms with Crippen molar-refractivity contribution in [2.24, 2.45) is 0 Å². The molecule has 0 atom stereocenters. The SMILES string of the molecule is O=C(Cn1cnc2ccccc2c1=O)NCCc1cn2ccccc2n1. The Morgan fingerprint density at radius 2 is 1.96 bits per heavy atom. The van der Waals surface area contributed by atoms with Crippen LogP contribution in [0.3, 0.4) is 0 Å². The molecule has 0 fully saturated rings. The number of carbonyl (C=O) groups is 1. The van der Waals surface area contributed by atoms with Crippen LogP contribution in [0, 0.1) is 0 Å². The molecule has 0 bridgehead atoms. The van der Waals surface area contributed by atoms with Crippen LogP contribution in [0.25, 0.3) is 16.6 Å². The van der Waals surface area contributed by atoms with Gasteiger partial charge < -0.3 is 9.72 Å². The maximum atomic E-state index is 12.4. The predicted octanol–water partition coefficient (Wildman–Crippen LogP) is 1.40. The van der Waals surface area contributed by atoms with Crippen LogP contribution in [-0.2, 0) is 17.8 Å². The minimum atomic E-state index is -0.229. The average Bonchev–Trinajstić information content (AvgIpc) is 3.07. The van der Waals surface area contributed by atoms with Crippen molar-refractivity contribution in [3.63, 3.8) is 0 Å². The average molecular weight is 347 g/mol. The third kappa shape index (κ3) is 3.19. The number of hydrogen-bond acceptors (Lipinski definition) is 4. The number of hydrogen-bond donors (Lipinski definition) is 1. The molecule has 0 saturated heterocycles. The summed E-state index contributed by atoms with van der Waals surface area (Å²) >= 11 is 0. The number of carbonyl (C=O) groups excluding carboxylic acids is 1. The number of para-hydroxylation sites is 1. The van der Waals surface area contributed by atoms with Crippen LogP contribution in [-0.4, -0.2) is 31.4 Å². The lowest BCUT2D eigenvalue weighted by Crippen LogP contribution is -2.33. The van der Waals surface area contributed by atoms with Gasteiger partial charge in [0.15, 0.2) is 0 Å². The van der Waals surface area contributed by atoms with E-state index in [2.05, 4.69) is 15.3 Å². The van der Waals surface area contributed by atoms with E-state index in [4.69, 9.17) is 0 Å². The van der Waals surface area contributed by atoms with Gasteiger partial charge in [-0.1, -0.05) is 18.2 Å². The van der Waals surface area contributed by atoms with Crippen molar-refractivity contribution >= 4 is 22.5 Å². The number of fused-ring (bicyclic) bond motifs is 2. The van der Waals surface area contributed by atoms with Gasteiger partial charge in [0, 0.05) is 25.4 Å². The van der Waals surface area contributed by atoms with Crippen molar-refractivity contribution in [1.82, 2.24) is 24.3 Å². The van der Waals surface area contributed by atoms with Gasteiger partial charge in [-0.3, -0.25) is 14.2 Å². The molecular formula is C19H17N5O2. The molecule has 7 heteroatoms. The Bertz CT molecular complexity index is 1110. The largest absolute Gasteiger partial charge is 0.354 e. The van der Waals surface area contributed by atoms with Gasteiger partial charge >= 0.3 is 0 Å². The lowest BCUT2D eigenvalue weighted by Gasteiger charge is -2.07. The molecule has 0 radical (unpaired) electrons. The smallest absolute Gasteiger partial charge is 0.261 e. The van der Waals surface area contributed by atoms with E-state index in [0.29, 0.717) is 23.9 Å². The number of pyridine rings is 1. The van der Waals surface area contributed by atoms with E-state index in [1.807, 2.05) is 41.1 Å². The van der Waals surface area contributed by atoms with Crippen molar-refractivity contribution in [2.45, 2.75) is 13.0 Å². The molecule has 4 aromatic rings. The monoisotopic (exact) mass is 347 g/mol. The van der Waals surface area contributed by atoms with E-state index in [9.17, 15) is 9.59 Å². The highest BCUT2D eigenvalue weighted by Crippen LogP contribution is 2.05. The van der Waals surface area contributed by atoms with Gasteiger partial charge in [-0.25, -0.2) is 9.97 Å². The van der Waals surface area contributed by atoms with E-state index in [-0.39, 0.29) is 18.0 Å². The van der Waals surface area contributed by atoms with Gasteiger partial charge in [-0.05, 0) is 24.3 Å². The first-order chi connectivity index (χ1) is 12.7. The van der Waals surface area contributed by atoms with Crippen molar-refractivity contribution < 1.29 is 4.79 Å². The van der Waals surface area contributed by atoms with Crippen molar-refractivity contribution in [3.05, 3.63) is 77.2 Å². The summed E-state index contributed by atoms with van der Waals surface area (Å²) in [6, 6.07) is 12.9. The molecule has 1 amide bonds. The molecule has 0 aliphatic carbocycles. The first-order valence-electron chi connectivity index (χ1n) is 8.34. The van der Waals surface area contributed by atoms with E-state index in [0.717, 1.165) is 11.3 Å². The fraction of sp³-hybridized carbons (Fsp3) is 0.158. The molecule has 0 aliphatic rings. The lowest BCUT2D eigenvalue weighted by molar-refractivity contribution is -0.121. The zero-order chi connectivity index (χ0) is 17.9. The van der Waals surface area contributed by atoms with Gasteiger partial charge in [0.05, 0.1) is 22.9 Å². The molecule has 3 aromatic heterocycles. The summed E-state index contributed by atoms with van der Waals surface area (Å²) in [5.74, 6) is -0.229. The summed E-state index contributed by atoms with van der Waals surface area (Å²) in [6.07, 6.45) is 5.91. The van der Waals surface area contributed by atoms with Crippen molar-refractivity contribution in [2.75, 3.05) is 6.54 Å². The Labute approximate surface area is 148 Å². The van der Waals surface area contributed by atoms with Crippen LogP contribution in [0.4, 0.5) is 0 Å². The summed E-state index contributed by atoms with van der Waals surface area (Å²) in [4.78, 5) is 33.2. The zero-order valence-electron chi connectivity index (χ0n) is 14.0. The number of amides is 1. The first-order valence-corrected chi connectivity index (χ1v) is 8.34. The Morgan fingerprint density at radius 3 is 2.85 bits per heavy atom. The molecule has 1 aromatic carbocycles. The van der Waals surface area contributed by atoms with Crippen LogP contribution in [0.2, 0.25) is 0 Å². The van der Waals surface area contributed by atoms with E-state index >= 15 is 0 Å². The Balaban J connectivity index is 1.38. The van der Waals surface area contributed by atoms with Gasteiger partial charge in [0.25, 0.3) is 5.56 Å². The third-order valence-electron chi connectivity index (χ3n) is 4.16. The Hall–Kier alpha value is -3.48. The molecule has 0 aliphatic heterocycles. The highest BCUT2D eigenvalue weighted by Gasteiger charge is 2.08. The fourth-order valence-electron chi connectivity index (χ4n) is 2.87. The van der Waals surface area contributed by atoms with Gasteiger partial charge in [0.2, 0.25) is 5.91 Å². The normalized spacial score (nSPS) is 11.1. The number of nitrogens with zero attached hydrogens (tertiary/aromatic N) is 4. The number of imidazole rings is 1. The topological polar surface area (TPSA) is 81.3 Å². The Morgan fingerprint density at radius 1 is 1.12 bits per heavy atom. The van der Waals surface area contributed by atoms with Crippen LogP contribution in [0.5, 0.6) is 0 Å². The van der Waals surface area contributed by atoms with E-state index in [1.165, 1.54) is 10.9 Å². The minimum Gasteiger partial charge on any atom is -0.354 e. The van der Waals surface area contributed by atoms with Crippen LogP contribution < -0.4 is 10.9 Å². The first kappa shape index (κ1) is 16.0. The van der Waals surface area contributed by atoms with Gasteiger partial charge in [0.1, 0.15) is 12.2 Å². The second-order valence-electron chi connectivity index (χ2n) is 5.99. The molecule has 0 unspecified atom stereocenters.